The van der Waals surface area contributed by atoms with Crippen LogP contribution in [0.2, 0.25) is 0 Å². The van der Waals surface area contributed by atoms with E-state index in [1.807, 2.05) is 0 Å². The SMILES string of the molecule is Cc1cc(NN)cc(C)c1S(=O)(=O)NCc1cccnn1. The molecule has 0 saturated carbocycles. The van der Waals surface area contributed by atoms with Crippen molar-refractivity contribution in [3.63, 3.8) is 0 Å². The average Bonchev–Trinajstić information content (AvgIpc) is 2.45. The number of aromatic nitrogens is 2. The molecule has 2 aromatic rings. The Bertz CT molecular complexity index is 708. The number of nitrogens with zero attached hydrogens (tertiary/aromatic N) is 2. The number of nitrogen functional groups attached to an aromatic ring is 1. The number of rotatable bonds is 5. The maximum Gasteiger partial charge on any atom is 0.241 e. The van der Waals surface area contributed by atoms with E-state index in [0.29, 0.717) is 22.5 Å². The van der Waals surface area contributed by atoms with Crippen LogP contribution in [-0.2, 0) is 16.6 Å². The fraction of sp³-hybridized carbons (Fsp3) is 0.231. The lowest BCUT2D eigenvalue weighted by molar-refractivity contribution is 0.578. The van der Waals surface area contributed by atoms with E-state index in [4.69, 9.17) is 5.84 Å². The third kappa shape index (κ3) is 3.54. The van der Waals surface area contributed by atoms with Crippen LogP contribution in [0.4, 0.5) is 5.69 Å². The molecule has 8 heteroatoms. The van der Waals surface area contributed by atoms with Crippen LogP contribution in [-0.4, -0.2) is 18.6 Å². The maximum atomic E-state index is 12.4. The summed E-state index contributed by atoms with van der Waals surface area (Å²) in [5.74, 6) is 5.35. The summed E-state index contributed by atoms with van der Waals surface area (Å²) in [5.41, 5.74) is 4.97. The normalized spacial score (nSPS) is 11.4. The van der Waals surface area contributed by atoms with Crippen molar-refractivity contribution in [3.8, 4) is 0 Å². The van der Waals surface area contributed by atoms with Crippen molar-refractivity contribution in [2.45, 2.75) is 25.3 Å². The Kier molecular flexibility index (Phi) is 4.51. The van der Waals surface area contributed by atoms with Gasteiger partial charge in [0.15, 0.2) is 0 Å². The molecule has 1 heterocycles. The Morgan fingerprint density at radius 1 is 1.24 bits per heavy atom. The number of sulfonamides is 1. The first-order chi connectivity index (χ1) is 9.94. The number of hydrazine groups is 1. The zero-order chi connectivity index (χ0) is 15.5. The summed E-state index contributed by atoms with van der Waals surface area (Å²) in [6.45, 7) is 3.54. The molecule has 0 aliphatic rings. The van der Waals surface area contributed by atoms with E-state index in [2.05, 4.69) is 20.3 Å². The Hall–Kier alpha value is -2.03. The summed E-state index contributed by atoms with van der Waals surface area (Å²) in [5, 5.41) is 7.55. The minimum Gasteiger partial charge on any atom is -0.324 e. The summed E-state index contributed by atoms with van der Waals surface area (Å²) in [6.07, 6.45) is 1.53. The van der Waals surface area contributed by atoms with Gasteiger partial charge in [-0.1, -0.05) is 0 Å². The van der Waals surface area contributed by atoms with Crippen LogP contribution in [0.25, 0.3) is 0 Å². The lowest BCUT2D eigenvalue weighted by Crippen LogP contribution is -2.25. The summed E-state index contributed by atoms with van der Waals surface area (Å²) < 4.78 is 27.4. The topological polar surface area (TPSA) is 110 Å². The number of hydrogen-bond donors (Lipinski definition) is 3. The monoisotopic (exact) mass is 307 g/mol. The summed E-state index contributed by atoms with van der Waals surface area (Å²) in [6, 6.07) is 6.78. The highest BCUT2D eigenvalue weighted by molar-refractivity contribution is 7.89. The minimum atomic E-state index is -3.63. The van der Waals surface area contributed by atoms with Gasteiger partial charge in [0.1, 0.15) is 0 Å². The Labute approximate surface area is 123 Å². The highest BCUT2D eigenvalue weighted by atomic mass is 32.2. The fourth-order valence-corrected chi connectivity index (χ4v) is 3.57. The van der Waals surface area contributed by atoms with Gasteiger partial charge in [-0.05, 0) is 49.2 Å². The zero-order valence-corrected chi connectivity index (χ0v) is 12.6. The molecular formula is C13H17N5O2S. The highest BCUT2D eigenvalue weighted by Gasteiger charge is 2.20. The second-order valence-corrected chi connectivity index (χ2v) is 6.33. The molecule has 0 saturated heterocycles. The summed E-state index contributed by atoms with van der Waals surface area (Å²) in [7, 11) is -3.63. The number of nitrogens with two attached hydrogens (primary N) is 1. The van der Waals surface area contributed by atoms with Crippen molar-refractivity contribution >= 4 is 15.7 Å². The van der Waals surface area contributed by atoms with Gasteiger partial charge in [-0.2, -0.15) is 10.2 Å². The Morgan fingerprint density at radius 2 is 1.90 bits per heavy atom. The number of aryl methyl sites for hydroxylation is 2. The zero-order valence-electron chi connectivity index (χ0n) is 11.8. The highest BCUT2D eigenvalue weighted by Crippen LogP contribution is 2.24. The molecule has 0 fully saturated rings. The van der Waals surface area contributed by atoms with E-state index in [0.717, 1.165) is 0 Å². The first-order valence-electron chi connectivity index (χ1n) is 6.28. The lowest BCUT2D eigenvalue weighted by atomic mass is 10.1. The Balaban J connectivity index is 2.28. The number of anilines is 1. The van der Waals surface area contributed by atoms with Crippen molar-refractivity contribution in [1.29, 1.82) is 0 Å². The van der Waals surface area contributed by atoms with Gasteiger partial charge in [-0.15, -0.1) is 0 Å². The predicted molar refractivity (Wildman–Crippen MR) is 79.8 cm³/mol. The minimum absolute atomic E-state index is 0.0892. The van der Waals surface area contributed by atoms with Gasteiger partial charge in [0.25, 0.3) is 0 Å². The van der Waals surface area contributed by atoms with Crippen molar-refractivity contribution in [1.82, 2.24) is 14.9 Å². The van der Waals surface area contributed by atoms with Gasteiger partial charge >= 0.3 is 0 Å². The standard InChI is InChI=1S/C13H17N5O2S/c1-9-6-12(17-14)7-10(2)13(9)21(19,20)16-8-11-4-3-5-15-18-11/h3-7,16-17H,8,14H2,1-2H3. The number of hydrogen-bond acceptors (Lipinski definition) is 6. The van der Waals surface area contributed by atoms with E-state index >= 15 is 0 Å². The van der Waals surface area contributed by atoms with E-state index in [9.17, 15) is 8.42 Å². The van der Waals surface area contributed by atoms with Crippen molar-refractivity contribution in [2.24, 2.45) is 5.84 Å². The molecule has 2 rings (SSSR count). The van der Waals surface area contributed by atoms with Gasteiger partial charge in [0.05, 0.1) is 17.1 Å². The molecule has 0 aliphatic carbocycles. The molecule has 0 spiro atoms. The quantitative estimate of drug-likeness (QED) is 0.558. The van der Waals surface area contributed by atoms with Crippen LogP contribution >= 0.6 is 0 Å². The molecule has 0 atom stereocenters. The van der Waals surface area contributed by atoms with E-state index in [1.165, 1.54) is 6.20 Å². The molecule has 0 aliphatic heterocycles. The van der Waals surface area contributed by atoms with Gasteiger partial charge < -0.3 is 5.43 Å². The van der Waals surface area contributed by atoms with Gasteiger partial charge in [-0.3, -0.25) is 5.84 Å². The molecule has 4 N–H and O–H groups in total. The first-order valence-corrected chi connectivity index (χ1v) is 7.76. The second kappa shape index (κ2) is 6.17. The van der Waals surface area contributed by atoms with Gasteiger partial charge in [0, 0.05) is 11.9 Å². The molecule has 112 valence electrons. The molecular weight excluding hydrogens is 290 g/mol. The van der Waals surface area contributed by atoms with Crippen molar-refractivity contribution in [2.75, 3.05) is 5.43 Å². The number of nitrogens with one attached hydrogen (secondary N) is 2. The molecule has 0 amide bonds. The van der Waals surface area contributed by atoms with Crippen LogP contribution in [0.15, 0.2) is 35.4 Å². The van der Waals surface area contributed by atoms with Crippen molar-refractivity contribution < 1.29 is 8.42 Å². The van der Waals surface area contributed by atoms with Crippen LogP contribution in [0.5, 0.6) is 0 Å². The third-order valence-corrected chi connectivity index (χ3v) is 4.67. The summed E-state index contributed by atoms with van der Waals surface area (Å²) >= 11 is 0. The third-order valence-electron chi connectivity index (χ3n) is 2.97. The molecule has 0 radical (unpaired) electrons. The van der Waals surface area contributed by atoms with E-state index in [-0.39, 0.29) is 11.4 Å². The average molecular weight is 307 g/mol. The number of benzene rings is 1. The van der Waals surface area contributed by atoms with Gasteiger partial charge in [0.2, 0.25) is 10.0 Å². The largest absolute Gasteiger partial charge is 0.324 e. The van der Waals surface area contributed by atoms with Crippen LogP contribution in [0, 0.1) is 13.8 Å². The predicted octanol–water partition coefficient (Wildman–Crippen LogP) is 0.858. The van der Waals surface area contributed by atoms with Crippen LogP contribution in [0.3, 0.4) is 0 Å². The molecule has 1 aromatic carbocycles. The lowest BCUT2D eigenvalue weighted by Gasteiger charge is -2.13. The van der Waals surface area contributed by atoms with Crippen molar-refractivity contribution in [3.05, 3.63) is 47.3 Å². The first kappa shape index (κ1) is 15.4. The fourth-order valence-electron chi connectivity index (χ4n) is 2.13. The molecule has 0 bridgehead atoms. The molecule has 1 aromatic heterocycles. The Morgan fingerprint density at radius 3 is 2.43 bits per heavy atom. The van der Waals surface area contributed by atoms with Crippen LogP contribution < -0.4 is 16.0 Å². The second-order valence-electron chi connectivity index (χ2n) is 4.62. The molecule has 21 heavy (non-hydrogen) atoms. The van der Waals surface area contributed by atoms with E-state index < -0.39 is 10.0 Å². The molecule has 7 nitrogen and oxygen atoms in total. The molecule has 0 unspecified atom stereocenters. The van der Waals surface area contributed by atoms with Crippen LogP contribution in [0.1, 0.15) is 16.8 Å². The van der Waals surface area contributed by atoms with Gasteiger partial charge in [-0.25, -0.2) is 13.1 Å². The summed E-state index contributed by atoms with van der Waals surface area (Å²) in [4.78, 5) is 0.255. The smallest absolute Gasteiger partial charge is 0.241 e. The van der Waals surface area contributed by atoms with E-state index in [1.54, 1.807) is 38.1 Å². The maximum absolute atomic E-state index is 12.4.